The van der Waals surface area contributed by atoms with Crippen LogP contribution in [0.3, 0.4) is 0 Å². The van der Waals surface area contributed by atoms with E-state index in [1.54, 1.807) is 0 Å². The normalized spacial score (nSPS) is 15.1. The number of aryl methyl sites for hydroxylation is 1. The molecule has 0 bridgehead atoms. The zero-order valence-corrected chi connectivity index (χ0v) is 22.2. The van der Waals surface area contributed by atoms with Gasteiger partial charge in [0.05, 0.1) is 39.0 Å². The molecule has 6 aromatic rings. The van der Waals surface area contributed by atoms with Crippen LogP contribution in [-0.2, 0) is 0 Å². The smallest absolute Gasteiger partial charge is 0.164 e. The van der Waals surface area contributed by atoms with Crippen molar-refractivity contribution >= 4 is 50.0 Å². The SMILES string of the molecule is C/C(=C(\C=C1\C=CC=CC1=N)n1c(-c2nc3ccccc3cc2C)nc2ccccc21)c1nc2ccccc2[nH]1. The fourth-order valence-corrected chi connectivity index (χ4v) is 5.24. The maximum absolute atomic E-state index is 8.61. The van der Waals surface area contributed by atoms with E-state index < -0.39 is 0 Å². The summed E-state index contributed by atoms with van der Waals surface area (Å²) in [6.07, 6.45) is 9.67. The van der Waals surface area contributed by atoms with Crippen LogP contribution in [0.25, 0.3) is 55.8 Å². The van der Waals surface area contributed by atoms with Crippen LogP contribution in [0.4, 0.5) is 0 Å². The van der Waals surface area contributed by atoms with E-state index in [0.29, 0.717) is 5.71 Å². The molecule has 2 N–H and O–H groups in total. The van der Waals surface area contributed by atoms with E-state index in [9.17, 15) is 0 Å². The van der Waals surface area contributed by atoms with Crippen LogP contribution in [0.1, 0.15) is 18.3 Å². The number of benzene rings is 3. The topological polar surface area (TPSA) is 83.2 Å². The van der Waals surface area contributed by atoms with Crippen LogP contribution in [0.2, 0.25) is 0 Å². The molecular weight excluding hydrogens is 492 g/mol. The van der Waals surface area contributed by atoms with Gasteiger partial charge in [0, 0.05) is 16.5 Å². The number of nitrogens with zero attached hydrogens (tertiary/aromatic N) is 4. The van der Waals surface area contributed by atoms with Crippen LogP contribution in [0.5, 0.6) is 0 Å². The summed E-state index contributed by atoms with van der Waals surface area (Å²) in [5.74, 6) is 1.51. The Morgan fingerprint density at radius 2 is 1.55 bits per heavy atom. The Balaban J connectivity index is 1.57. The molecule has 0 aliphatic heterocycles. The summed E-state index contributed by atoms with van der Waals surface area (Å²) in [6, 6.07) is 26.5. The van der Waals surface area contributed by atoms with E-state index in [4.69, 9.17) is 20.4 Å². The van der Waals surface area contributed by atoms with Crippen molar-refractivity contribution < 1.29 is 0 Å². The summed E-state index contributed by atoms with van der Waals surface area (Å²) in [5.41, 5.74) is 9.53. The Morgan fingerprint density at radius 3 is 2.38 bits per heavy atom. The van der Waals surface area contributed by atoms with Crippen molar-refractivity contribution in [2.75, 3.05) is 0 Å². The average Bonchev–Trinajstić information content (AvgIpc) is 3.58. The first-order valence-electron chi connectivity index (χ1n) is 13.2. The van der Waals surface area contributed by atoms with E-state index in [0.717, 1.165) is 72.7 Å². The molecule has 0 spiro atoms. The second-order valence-electron chi connectivity index (χ2n) is 9.95. The molecule has 6 heteroatoms. The molecule has 3 aromatic carbocycles. The Morgan fingerprint density at radius 1 is 0.825 bits per heavy atom. The summed E-state index contributed by atoms with van der Waals surface area (Å²) >= 11 is 0. The molecule has 0 amide bonds. The molecular formula is C34H26N6. The highest BCUT2D eigenvalue weighted by molar-refractivity contribution is 6.11. The van der Waals surface area contributed by atoms with E-state index in [1.807, 2.05) is 85.0 Å². The van der Waals surface area contributed by atoms with Gasteiger partial charge in [-0.15, -0.1) is 0 Å². The van der Waals surface area contributed by atoms with Gasteiger partial charge in [-0.05, 0) is 68.0 Å². The number of pyridine rings is 1. The third kappa shape index (κ3) is 3.98. The van der Waals surface area contributed by atoms with Gasteiger partial charge in [-0.3, -0.25) is 4.57 Å². The maximum Gasteiger partial charge on any atom is 0.164 e. The number of hydrogen-bond acceptors (Lipinski definition) is 4. The minimum Gasteiger partial charge on any atom is -0.338 e. The number of aromatic nitrogens is 5. The summed E-state index contributed by atoms with van der Waals surface area (Å²) < 4.78 is 2.16. The second-order valence-corrected chi connectivity index (χ2v) is 9.95. The highest BCUT2D eigenvalue weighted by atomic mass is 15.1. The van der Waals surface area contributed by atoms with Gasteiger partial charge in [0.1, 0.15) is 11.5 Å². The monoisotopic (exact) mass is 518 g/mol. The number of para-hydroxylation sites is 5. The number of imidazole rings is 2. The number of fused-ring (bicyclic) bond motifs is 3. The van der Waals surface area contributed by atoms with Gasteiger partial charge >= 0.3 is 0 Å². The number of H-pyrrole nitrogens is 1. The first-order chi connectivity index (χ1) is 19.6. The molecule has 0 unspecified atom stereocenters. The van der Waals surface area contributed by atoms with Gasteiger partial charge in [0.25, 0.3) is 0 Å². The lowest BCUT2D eigenvalue weighted by Gasteiger charge is -2.16. The van der Waals surface area contributed by atoms with Crippen molar-refractivity contribution in [1.82, 2.24) is 24.5 Å². The minimum atomic E-state index is 0.448. The Bertz CT molecular complexity index is 2060. The second kappa shape index (κ2) is 9.43. The van der Waals surface area contributed by atoms with E-state index in [1.165, 1.54) is 0 Å². The lowest BCUT2D eigenvalue weighted by atomic mass is 10.0. The Hall–Kier alpha value is -5.36. The Labute approximate surface area is 231 Å². The third-order valence-electron chi connectivity index (χ3n) is 7.31. The van der Waals surface area contributed by atoms with Crippen LogP contribution < -0.4 is 0 Å². The molecule has 0 fully saturated rings. The van der Waals surface area contributed by atoms with Gasteiger partial charge in [0.15, 0.2) is 5.82 Å². The van der Waals surface area contributed by atoms with Crippen LogP contribution in [-0.4, -0.2) is 30.2 Å². The van der Waals surface area contributed by atoms with E-state index in [2.05, 4.69) is 47.7 Å². The fourth-order valence-electron chi connectivity index (χ4n) is 5.24. The first-order valence-corrected chi connectivity index (χ1v) is 13.2. The number of hydrogen-bond donors (Lipinski definition) is 2. The summed E-state index contributed by atoms with van der Waals surface area (Å²) in [5, 5.41) is 9.71. The standard InChI is InChI=1S/C34H26N6/c1-21-19-24-12-4-6-14-26(24)36-32(21)34-39-29-17-9-10-18-30(29)40(34)31(20-23-11-3-5-13-25(23)35)22(2)33-37-27-15-7-8-16-28(27)38-33/h3-20,35H,1-2H3,(H,37,38)/b23-20-,31-22-,35-25?. The zero-order chi connectivity index (χ0) is 27.2. The van der Waals surface area contributed by atoms with Crippen molar-refractivity contribution in [2.45, 2.75) is 13.8 Å². The lowest BCUT2D eigenvalue weighted by molar-refractivity contribution is 1.11. The number of aromatic amines is 1. The fraction of sp³-hybridized carbons (Fsp3) is 0.0588. The Kier molecular flexibility index (Phi) is 5.60. The van der Waals surface area contributed by atoms with Gasteiger partial charge in [-0.2, -0.15) is 0 Å². The van der Waals surface area contributed by atoms with Crippen LogP contribution in [0, 0.1) is 12.3 Å². The summed E-state index contributed by atoms with van der Waals surface area (Å²) in [4.78, 5) is 18.6. The zero-order valence-electron chi connectivity index (χ0n) is 22.2. The van der Waals surface area contributed by atoms with E-state index >= 15 is 0 Å². The van der Waals surface area contributed by atoms with Crippen LogP contribution >= 0.6 is 0 Å². The molecule has 40 heavy (non-hydrogen) atoms. The molecule has 192 valence electrons. The van der Waals surface area contributed by atoms with Crippen molar-refractivity contribution in [3.8, 4) is 11.5 Å². The van der Waals surface area contributed by atoms with Crippen molar-refractivity contribution in [3.63, 3.8) is 0 Å². The molecule has 0 atom stereocenters. The highest BCUT2D eigenvalue weighted by Gasteiger charge is 2.22. The van der Waals surface area contributed by atoms with Gasteiger partial charge in [0.2, 0.25) is 0 Å². The van der Waals surface area contributed by atoms with Crippen molar-refractivity contribution in [1.29, 1.82) is 5.41 Å². The molecule has 0 saturated carbocycles. The number of allylic oxidation sites excluding steroid dienone is 8. The van der Waals surface area contributed by atoms with E-state index in [-0.39, 0.29) is 0 Å². The maximum atomic E-state index is 8.61. The molecule has 7 rings (SSSR count). The quantitative estimate of drug-likeness (QED) is 0.249. The molecule has 1 aliphatic rings. The lowest BCUT2D eigenvalue weighted by Crippen LogP contribution is -2.06. The largest absolute Gasteiger partial charge is 0.338 e. The molecule has 3 heterocycles. The van der Waals surface area contributed by atoms with Crippen LogP contribution in [0.15, 0.2) is 115 Å². The molecule has 6 nitrogen and oxygen atoms in total. The van der Waals surface area contributed by atoms with Gasteiger partial charge in [-0.1, -0.05) is 60.7 Å². The predicted octanol–water partition coefficient (Wildman–Crippen LogP) is 7.90. The number of rotatable bonds is 4. The average molecular weight is 519 g/mol. The van der Waals surface area contributed by atoms with Gasteiger partial charge in [-0.25, -0.2) is 15.0 Å². The molecule has 0 saturated heterocycles. The molecule has 3 aromatic heterocycles. The first kappa shape index (κ1) is 23.7. The number of nitrogens with one attached hydrogen (secondary N) is 2. The highest BCUT2D eigenvalue weighted by Crippen LogP contribution is 2.35. The minimum absolute atomic E-state index is 0.448. The molecule has 0 radical (unpaired) electrons. The summed E-state index contributed by atoms with van der Waals surface area (Å²) in [7, 11) is 0. The summed E-state index contributed by atoms with van der Waals surface area (Å²) in [6.45, 7) is 4.14. The third-order valence-corrected chi connectivity index (χ3v) is 7.31. The molecule has 1 aliphatic carbocycles. The van der Waals surface area contributed by atoms with Crippen molar-refractivity contribution in [3.05, 3.63) is 126 Å². The van der Waals surface area contributed by atoms with Crippen molar-refractivity contribution in [2.24, 2.45) is 0 Å². The predicted molar refractivity (Wildman–Crippen MR) is 164 cm³/mol. The van der Waals surface area contributed by atoms with Gasteiger partial charge < -0.3 is 10.4 Å².